The summed E-state index contributed by atoms with van der Waals surface area (Å²) in [5, 5.41) is 0. The molecular weight excluding hydrogens is 767 g/mol. The lowest BCUT2D eigenvalue weighted by Gasteiger charge is -2.26. The highest BCUT2D eigenvalue weighted by Crippen LogP contribution is 2.23. The molecule has 0 amide bonds. The van der Waals surface area contributed by atoms with E-state index in [-0.39, 0.29) is 11.9 Å². The fourth-order valence-corrected chi connectivity index (χ4v) is 9.65. The van der Waals surface area contributed by atoms with Gasteiger partial charge in [-0.1, -0.05) is 214 Å². The normalized spacial score (nSPS) is 13.5. The maximum atomic E-state index is 12.4. The number of carbonyl (C=O) groups excluding carboxylic acids is 2. The summed E-state index contributed by atoms with van der Waals surface area (Å²) in [6, 6.07) is 0. The van der Waals surface area contributed by atoms with E-state index in [1.165, 1.54) is 232 Å². The molecule has 0 saturated carbocycles. The average Bonchev–Trinajstić information content (AvgIpc) is 3.27. The van der Waals surface area contributed by atoms with E-state index in [1.807, 2.05) is 0 Å². The van der Waals surface area contributed by atoms with Gasteiger partial charge in [-0.2, -0.15) is 0 Å². The standard InChI is InChI=1S/C56H109NO5/c1-5-9-24-36-52(37-25-10-6-2)44-50-61-55(58)42-30-21-17-13-15-19-28-40-54(60-49-35-34-48-57-46-32-23-33-47-57)41-29-20-16-14-18-22-31-43-56(59)62-51-45-53(38-26-11-7-3)39-27-12-8-4/h52-54H,5-51H2,1-4H3. The molecule has 0 aromatic rings. The highest BCUT2D eigenvalue weighted by Gasteiger charge is 2.14. The maximum Gasteiger partial charge on any atom is 0.305 e. The summed E-state index contributed by atoms with van der Waals surface area (Å²) in [6.45, 7) is 15.1. The van der Waals surface area contributed by atoms with Crippen molar-refractivity contribution in [3.8, 4) is 0 Å². The van der Waals surface area contributed by atoms with Crippen molar-refractivity contribution < 1.29 is 23.8 Å². The predicted molar refractivity (Wildman–Crippen MR) is 267 cm³/mol. The summed E-state index contributed by atoms with van der Waals surface area (Å²) >= 11 is 0. The topological polar surface area (TPSA) is 65.1 Å². The van der Waals surface area contributed by atoms with Gasteiger partial charge >= 0.3 is 11.9 Å². The Hall–Kier alpha value is -1.14. The molecule has 0 bridgehead atoms. The maximum absolute atomic E-state index is 12.4. The zero-order chi connectivity index (χ0) is 44.8. The number of nitrogens with zero attached hydrogens (tertiary/aromatic N) is 1. The molecule has 1 fully saturated rings. The summed E-state index contributed by atoms with van der Waals surface area (Å²) in [5.74, 6) is 1.48. The van der Waals surface area contributed by atoms with E-state index in [4.69, 9.17) is 14.2 Å². The molecule has 0 atom stereocenters. The Kier molecular flexibility index (Phi) is 44.1. The number of unbranched alkanes of at least 4 members (excludes halogenated alkanes) is 21. The second-order valence-corrected chi connectivity index (χ2v) is 19.9. The third kappa shape index (κ3) is 39.2. The highest BCUT2D eigenvalue weighted by atomic mass is 16.5. The van der Waals surface area contributed by atoms with E-state index >= 15 is 0 Å². The van der Waals surface area contributed by atoms with Crippen molar-refractivity contribution in [2.45, 2.75) is 297 Å². The van der Waals surface area contributed by atoms with Gasteiger partial charge in [-0.15, -0.1) is 0 Å². The Morgan fingerprint density at radius 3 is 1.16 bits per heavy atom. The lowest BCUT2D eigenvalue weighted by atomic mass is 9.92. The van der Waals surface area contributed by atoms with Gasteiger partial charge in [0.2, 0.25) is 0 Å². The Bertz CT molecular complexity index is 857. The van der Waals surface area contributed by atoms with Crippen molar-refractivity contribution in [1.82, 2.24) is 4.90 Å². The highest BCUT2D eigenvalue weighted by molar-refractivity contribution is 5.69. The van der Waals surface area contributed by atoms with Crippen LogP contribution in [0.4, 0.5) is 0 Å². The van der Waals surface area contributed by atoms with E-state index in [0.29, 0.717) is 32.2 Å². The van der Waals surface area contributed by atoms with Crippen molar-refractivity contribution >= 4 is 11.9 Å². The molecule has 1 rings (SSSR count). The molecule has 0 aromatic heterocycles. The molecule has 0 radical (unpaired) electrons. The van der Waals surface area contributed by atoms with Crippen molar-refractivity contribution in [3.63, 3.8) is 0 Å². The van der Waals surface area contributed by atoms with Crippen LogP contribution in [-0.4, -0.2) is 62.4 Å². The largest absolute Gasteiger partial charge is 0.466 e. The van der Waals surface area contributed by atoms with Crippen molar-refractivity contribution in [2.75, 3.05) is 39.5 Å². The monoisotopic (exact) mass is 876 g/mol. The number of piperidine rings is 1. The molecule has 0 spiro atoms. The molecule has 1 aliphatic rings. The number of hydrogen-bond acceptors (Lipinski definition) is 6. The number of ether oxygens (including phenoxy) is 3. The van der Waals surface area contributed by atoms with Crippen LogP contribution in [0.2, 0.25) is 0 Å². The number of hydrogen-bond donors (Lipinski definition) is 0. The molecule has 6 nitrogen and oxygen atoms in total. The lowest BCUT2D eigenvalue weighted by molar-refractivity contribution is -0.145. The molecule has 368 valence electrons. The zero-order valence-electron chi connectivity index (χ0n) is 42.5. The van der Waals surface area contributed by atoms with Gasteiger partial charge in [-0.3, -0.25) is 9.59 Å². The van der Waals surface area contributed by atoms with Crippen LogP contribution < -0.4 is 0 Å². The lowest BCUT2D eigenvalue weighted by Crippen LogP contribution is -2.30. The van der Waals surface area contributed by atoms with Crippen LogP contribution in [0, 0.1) is 11.8 Å². The molecule has 1 heterocycles. The first kappa shape index (κ1) is 58.9. The second kappa shape index (κ2) is 46.4. The summed E-state index contributed by atoms with van der Waals surface area (Å²) in [4.78, 5) is 27.4. The molecule has 1 aliphatic heterocycles. The van der Waals surface area contributed by atoms with Crippen molar-refractivity contribution in [2.24, 2.45) is 11.8 Å². The van der Waals surface area contributed by atoms with Gasteiger partial charge in [0.1, 0.15) is 0 Å². The van der Waals surface area contributed by atoms with Gasteiger partial charge in [0, 0.05) is 19.4 Å². The minimum absolute atomic E-state index is 0.0158. The molecule has 0 aromatic carbocycles. The van der Waals surface area contributed by atoms with Crippen LogP contribution in [0.5, 0.6) is 0 Å². The molecule has 0 unspecified atom stereocenters. The Morgan fingerprint density at radius 2 is 0.758 bits per heavy atom. The molecule has 62 heavy (non-hydrogen) atoms. The minimum Gasteiger partial charge on any atom is -0.466 e. The molecule has 0 N–H and O–H groups in total. The second-order valence-electron chi connectivity index (χ2n) is 19.9. The van der Waals surface area contributed by atoms with Crippen LogP contribution in [0.25, 0.3) is 0 Å². The van der Waals surface area contributed by atoms with Gasteiger partial charge in [0.05, 0.1) is 19.3 Å². The summed E-state index contributed by atoms with van der Waals surface area (Å²) in [6.07, 6.45) is 50.4. The number of rotatable bonds is 48. The number of esters is 2. The fourth-order valence-electron chi connectivity index (χ4n) is 9.65. The smallest absolute Gasteiger partial charge is 0.305 e. The summed E-state index contributed by atoms with van der Waals surface area (Å²) in [7, 11) is 0. The van der Waals surface area contributed by atoms with Crippen LogP contribution in [0.15, 0.2) is 0 Å². The van der Waals surface area contributed by atoms with Gasteiger partial charge in [0.15, 0.2) is 0 Å². The summed E-state index contributed by atoms with van der Waals surface area (Å²) < 4.78 is 17.9. The first-order chi connectivity index (χ1) is 30.5. The van der Waals surface area contributed by atoms with Crippen LogP contribution >= 0.6 is 0 Å². The molecule has 6 heteroatoms. The third-order valence-electron chi connectivity index (χ3n) is 13.9. The minimum atomic E-state index is 0.0158. The summed E-state index contributed by atoms with van der Waals surface area (Å²) in [5.41, 5.74) is 0. The van der Waals surface area contributed by atoms with E-state index in [9.17, 15) is 9.59 Å². The van der Waals surface area contributed by atoms with E-state index in [0.717, 1.165) is 57.0 Å². The van der Waals surface area contributed by atoms with Crippen LogP contribution in [0.3, 0.4) is 0 Å². The fraction of sp³-hybridized carbons (Fsp3) is 0.964. The first-order valence-corrected chi connectivity index (χ1v) is 28.2. The molecule has 1 saturated heterocycles. The van der Waals surface area contributed by atoms with Crippen molar-refractivity contribution in [3.05, 3.63) is 0 Å². The Labute approximate surface area is 387 Å². The van der Waals surface area contributed by atoms with Crippen LogP contribution in [-0.2, 0) is 23.8 Å². The van der Waals surface area contributed by atoms with Gasteiger partial charge in [-0.05, 0) is 95.7 Å². The van der Waals surface area contributed by atoms with Gasteiger partial charge < -0.3 is 19.1 Å². The average molecular weight is 876 g/mol. The van der Waals surface area contributed by atoms with Gasteiger partial charge in [0.25, 0.3) is 0 Å². The van der Waals surface area contributed by atoms with E-state index < -0.39 is 0 Å². The third-order valence-corrected chi connectivity index (χ3v) is 13.9. The van der Waals surface area contributed by atoms with E-state index in [2.05, 4.69) is 32.6 Å². The van der Waals surface area contributed by atoms with Crippen LogP contribution in [0.1, 0.15) is 291 Å². The SMILES string of the molecule is CCCCCC(CCCCC)CCOC(=O)CCCCCCCCCC(CCCCCCCCCC(=O)OCCC(CCCCC)CCCCC)OCCCCN1CCCCC1. The van der Waals surface area contributed by atoms with E-state index in [1.54, 1.807) is 0 Å². The van der Waals surface area contributed by atoms with Crippen molar-refractivity contribution in [1.29, 1.82) is 0 Å². The quantitative estimate of drug-likeness (QED) is 0.0448. The molecular formula is C56H109NO5. The number of carbonyl (C=O) groups is 2. The Morgan fingerprint density at radius 1 is 0.387 bits per heavy atom. The first-order valence-electron chi connectivity index (χ1n) is 28.2. The van der Waals surface area contributed by atoms with Gasteiger partial charge in [-0.25, -0.2) is 0 Å². The predicted octanol–water partition coefficient (Wildman–Crippen LogP) is 17.1. The zero-order valence-corrected chi connectivity index (χ0v) is 42.5. The Balaban J connectivity index is 2.20. The molecule has 0 aliphatic carbocycles. The number of likely N-dealkylation sites (tertiary alicyclic amines) is 1.